The van der Waals surface area contributed by atoms with Crippen LogP contribution in [0.4, 0.5) is 10.6 Å². The van der Waals surface area contributed by atoms with Gasteiger partial charge >= 0.3 is 6.03 Å². The standard InChI is InChI=1S/C22H30N6O3/c29-21(26-22(30)23-8-3-9-27-12-14-31-15-13-27)17-6-10-28(11-7-17)20-16-24-18-4-1-2-5-19(18)25-20/h1-2,4-5,16-17H,3,6-15H2,(H2,23,26,29,30). The molecule has 2 fully saturated rings. The molecule has 9 nitrogen and oxygen atoms in total. The molecule has 4 rings (SSSR count). The first-order chi connectivity index (χ1) is 15.2. The summed E-state index contributed by atoms with van der Waals surface area (Å²) in [6, 6.07) is 7.38. The molecule has 0 saturated carbocycles. The number of ether oxygens (including phenoxy) is 1. The van der Waals surface area contributed by atoms with E-state index < -0.39 is 6.03 Å². The number of nitrogens with zero attached hydrogens (tertiary/aromatic N) is 4. The van der Waals surface area contributed by atoms with E-state index >= 15 is 0 Å². The zero-order valence-corrected chi connectivity index (χ0v) is 17.8. The van der Waals surface area contributed by atoms with Gasteiger partial charge in [-0.05, 0) is 37.9 Å². The van der Waals surface area contributed by atoms with E-state index in [9.17, 15) is 9.59 Å². The van der Waals surface area contributed by atoms with Crippen molar-refractivity contribution in [2.75, 3.05) is 57.4 Å². The highest BCUT2D eigenvalue weighted by atomic mass is 16.5. The number of carbonyl (C=O) groups excluding carboxylic acids is 2. The third-order valence-electron chi connectivity index (χ3n) is 5.90. The number of nitrogens with one attached hydrogen (secondary N) is 2. The van der Waals surface area contributed by atoms with Gasteiger partial charge in [0, 0.05) is 38.6 Å². The van der Waals surface area contributed by atoms with Gasteiger partial charge in [-0.2, -0.15) is 0 Å². The minimum absolute atomic E-state index is 0.163. The van der Waals surface area contributed by atoms with Crippen molar-refractivity contribution in [3.05, 3.63) is 30.5 Å². The molecular formula is C22H30N6O3. The largest absolute Gasteiger partial charge is 0.379 e. The summed E-state index contributed by atoms with van der Waals surface area (Å²) in [4.78, 5) is 38.1. The number of anilines is 1. The number of fused-ring (bicyclic) bond motifs is 1. The monoisotopic (exact) mass is 426 g/mol. The molecule has 3 amide bonds. The van der Waals surface area contributed by atoms with E-state index in [4.69, 9.17) is 4.74 Å². The first kappa shape index (κ1) is 21.5. The molecule has 0 atom stereocenters. The van der Waals surface area contributed by atoms with Crippen molar-refractivity contribution in [2.24, 2.45) is 5.92 Å². The lowest BCUT2D eigenvalue weighted by molar-refractivity contribution is -0.124. The van der Waals surface area contributed by atoms with Crippen LogP contribution in [0.1, 0.15) is 19.3 Å². The Morgan fingerprint density at radius 3 is 2.58 bits per heavy atom. The van der Waals surface area contributed by atoms with Gasteiger partial charge in [-0.15, -0.1) is 0 Å². The summed E-state index contributed by atoms with van der Waals surface area (Å²) < 4.78 is 5.33. The van der Waals surface area contributed by atoms with Crippen LogP contribution in [0.2, 0.25) is 0 Å². The number of imide groups is 1. The quantitative estimate of drug-likeness (QED) is 0.674. The Morgan fingerprint density at radius 2 is 1.81 bits per heavy atom. The molecule has 1 aromatic heterocycles. The molecule has 2 saturated heterocycles. The number of morpholine rings is 1. The van der Waals surface area contributed by atoms with Crippen LogP contribution >= 0.6 is 0 Å². The summed E-state index contributed by atoms with van der Waals surface area (Å²) in [5, 5.41) is 5.28. The van der Waals surface area contributed by atoms with Gasteiger partial charge in [0.25, 0.3) is 0 Å². The Kier molecular flexibility index (Phi) is 7.26. The lowest BCUT2D eigenvalue weighted by Gasteiger charge is -2.31. The highest BCUT2D eigenvalue weighted by Crippen LogP contribution is 2.23. The summed E-state index contributed by atoms with van der Waals surface area (Å²) in [6.07, 6.45) is 4.01. The topological polar surface area (TPSA) is 99.7 Å². The maximum atomic E-state index is 12.5. The van der Waals surface area contributed by atoms with E-state index in [1.54, 1.807) is 6.20 Å². The number of amides is 3. The minimum atomic E-state index is -0.408. The van der Waals surface area contributed by atoms with Gasteiger partial charge in [0.2, 0.25) is 5.91 Å². The molecule has 0 radical (unpaired) electrons. The molecule has 2 aromatic rings. The maximum absolute atomic E-state index is 12.5. The van der Waals surface area contributed by atoms with Gasteiger partial charge in [0.1, 0.15) is 5.82 Å². The number of hydrogen-bond donors (Lipinski definition) is 2. The van der Waals surface area contributed by atoms with Gasteiger partial charge in [-0.3, -0.25) is 20.0 Å². The van der Waals surface area contributed by atoms with E-state index in [-0.39, 0.29) is 11.8 Å². The molecule has 3 heterocycles. The molecule has 0 spiro atoms. The van der Waals surface area contributed by atoms with Crippen molar-refractivity contribution in [2.45, 2.75) is 19.3 Å². The first-order valence-corrected chi connectivity index (χ1v) is 11.0. The lowest BCUT2D eigenvalue weighted by Crippen LogP contribution is -2.46. The molecule has 166 valence electrons. The molecule has 31 heavy (non-hydrogen) atoms. The number of urea groups is 1. The molecule has 2 aliphatic rings. The van der Waals surface area contributed by atoms with Gasteiger partial charge in [-0.1, -0.05) is 12.1 Å². The third kappa shape index (κ3) is 5.89. The molecule has 2 aliphatic heterocycles. The van der Waals surface area contributed by atoms with E-state index in [0.29, 0.717) is 32.5 Å². The predicted octanol–water partition coefficient (Wildman–Crippen LogP) is 1.39. The van der Waals surface area contributed by atoms with Crippen molar-refractivity contribution in [1.82, 2.24) is 25.5 Å². The number of aromatic nitrogens is 2. The maximum Gasteiger partial charge on any atom is 0.321 e. The zero-order chi connectivity index (χ0) is 21.5. The third-order valence-corrected chi connectivity index (χ3v) is 5.90. The smallest absolute Gasteiger partial charge is 0.321 e. The van der Waals surface area contributed by atoms with Crippen LogP contribution in [-0.2, 0) is 9.53 Å². The van der Waals surface area contributed by atoms with Crippen molar-refractivity contribution >= 4 is 28.8 Å². The second-order valence-electron chi connectivity index (χ2n) is 8.03. The zero-order valence-electron chi connectivity index (χ0n) is 17.8. The van der Waals surface area contributed by atoms with Crippen LogP contribution in [-0.4, -0.2) is 79.3 Å². The second kappa shape index (κ2) is 10.5. The van der Waals surface area contributed by atoms with Crippen LogP contribution in [0, 0.1) is 5.92 Å². The summed E-state index contributed by atoms with van der Waals surface area (Å²) in [6.45, 7) is 6.33. The fraction of sp³-hybridized carbons (Fsp3) is 0.545. The number of carbonyl (C=O) groups is 2. The summed E-state index contributed by atoms with van der Waals surface area (Å²) in [5.41, 5.74) is 1.74. The average Bonchev–Trinajstić information content (AvgIpc) is 2.82. The average molecular weight is 427 g/mol. The highest BCUT2D eigenvalue weighted by Gasteiger charge is 2.27. The van der Waals surface area contributed by atoms with Crippen LogP contribution < -0.4 is 15.5 Å². The molecule has 1 aromatic carbocycles. The van der Waals surface area contributed by atoms with E-state index in [1.807, 2.05) is 24.3 Å². The van der Waals surface area contributed by atoms with E-state index in [2.05, 4.69) is 30.4 Å². The highest BCUT2D eigenvalue weighted by molar-refractivity contribution is 5.95. The number of piperidine rings is 1. The Morgan fingerprint density at radius 1 is 1.06 bits per heavy atom. The van der Waals surface area contributed by atoms with Crippen molar-refractivity contribution in [3.8, 4) is 0 Å². The van der Waals surface area contributed by atoms with Crippen molar-refractivity contribution in [3.63, 3.8) is 0 Å². The Labute approximate surface area is 182 Å². The van der Waals surface area contributed by atoms with Crippen molar-refractivity contribution in [1.29, 1.82) is 0 Å². The van der Waals surface area contributed by atoms with E-state index in [1.165, 1.54) is 0 Å². The van der Waals surface area contributed by atoms with Crippen LogP contribution in [0.15, 0.2) is 30.5 Å². The molecule has 0 aliphatic carbocycles. The molecule has 2 N–H and O–H groups in total. The predicted molar refractivity (Wildman–Crippen MR) is 118 cm³/mol. The van der Waals surface area contributed by atoms with Crippen molar-refractivity contribution < 1.29 is 14.3 Å². The number of hydrogen-bond acceptors (Lipinski definition) is 7. The normalized spacial score (nSPS) is 18.1. The van der Waals surface area contributed by atoms with Gasteiger partial charge in [0.05, 0.1) is 30.4 Å². The Hall–Kier alpha value is -2.78. The van der Waals surface area contributed by atoms with Crippen LogP contribution in [0.25, 0.3) is 11.0 Å². The minimum Gasteiger partial charge on any atom is -0.379 e. The van der Waals surface area contributed by atoms with Crippen LogP contribution in [0.3, 0.4) is 0 Å². The number of para-hydroxylation sites is 2. The molecule has 0 unspecified atom stereocenters. The first-order valence-electron chi connectivity index (χ1n) is 11.0. The molecular weight excluding hydrogens is 396 g/mol. The lowest BCUT2D eigenvalue weighted by atomic mass is 9.96. The van der Waals surface area contributed by atoms with Gasteiger partial charge in [0.15, 0.2) is 0 Å². The molecule has 0 bridgehead atoms. The fourth-order valence-electron chi connectivity index (χ4n) is 4.06. The SMILES string of the molecule is O=C(NCCCN1CCOCC1)NC(=O)C1CCN(c2cnc3ccccc3n2)CC1. The number of benzene rings is 1. The summed E-state index contributed by atoms with van der Waals surface area (Å²) >= 11 is 0. The summed E-state index contributed by atoms with van der Waals surface area (Å²) in [7, 11) is 0. The fourth-order valence-corrected chi connectivity index (χ4v) is 4.06. The second-order valence-corrected chi connectivity index (χ2v) is 8.03. The van der Waals surface area contributed by atoms with Crippen LogP contribution in [0.5, 0.6) is 0 Å². The summed E-state index contributed by atoms with van der Waals surface area (Å²) in [5.74, 6) is 0.467. The number of rotatable bonds is 6. The van der Waals surface area contributed by atoms with Gasteiger partial charge < -0.3 is 15.0 Å². The Bertz CT molecular complexity index is 894. The molecule has 9 heteroatoms. The Balaban J connectivity index is 1.16. The van der Waals surface area contributed by atoms with Gasteiger partial charge in [-0.25, -0.2) is 9.78 Å². The van der Waals surface area contributed by atoms with E-state index in [0.717, 1.165) is 56.1 Å².